The molecule has 2 amide bonds. The highest BCUT2D eigenvalue weighted by molar-refractivity contribution is 8.01. The quantitative estimate of drug-likeness (QED) is 0.131. The second-order valence-corrected chi connectivity index (χ2v) is 10.2. The van der Waals surface area contributed by atoms with Gasteiger partial charge in [-0.2, -0.15) is 0 Å². The number of rotatable bonds is 7. The maximum Gasteiger partial charge on any atom is 0.352 e. The van der Waals surface area contributed by atoms with E-state index < -0.39 is 40.5 Å². The molecule has 4 heterocycles. The van der Waals surface area contributed by atoms with Crippen molar-refractivity contribution < 1.29 is 29.1 Å². The number of carbonyl (C=O) groups is 3. The van der Waals surface area contributed by atoms with Crippen molar-refractivity contribution in [2.75, 3.05) is 17.2 Å². The maximum atomic E-state index is 12.8. The highest BCUT2D eigenvalue weighted by atomic mass is 32.2. The number of hydrogen-bond donors (Lipinski definition) is 4. The van der Waals surface area contributed by atoms with E-state index in [2.05, 4.69) is 15.5 Å². The second kappa shape index (κ2) is 9.52. The normalized spacial score (nSPS) is 20.1. The zero-order valence-electron chi connectivity index (χ0n) is 17.4. The summed E-state index contributed by atoms with van der Waals surface area (Å²) in [7, 11) is 0. The number of aryl methyl sites for hydroxylation is 1. The van der Waals surface area contributed by atoms with Crippen LogP contribution in [0.15, 0.2) is 48.0 Å². The molecule has 1 fully saturated rings. The second-order valence-electron chi connectivity index (χ2n) is 7.15. The van der Waals surface area contributed by atoms with Crippen LogP contribution < -0.4 is 16.7 Å². The van der Waals surface area contributed by atoms with Gasteiger partial charge in [0.25, 0.3) is 11.8 Å². The highest BCUT2D eigenvalue weighted by Crippen LogP contribution is 2.41. The molecule has 0 radical (unpaired) electrons. The van der Waals surface area contributed by atoms with Gasteiger partial charge in [0, 0.05) is 27.8 Å². The zero-order chi connectivity index (χ0) is 24.6. The van der Waals surface area contributed by atoms with E-state index in [0.717, 1.165) is 16.2 Å². The third kappa shape index (κ3) is 4.53. The summed E-state index contributed by atoms with van der Waals surface area (Å²) in [6.07, 6.45) is 0. The number of nitrogen functional groups attached to an aromatic ring is 1. The van der Waals surface area contributed by atoms with Crippen LogP contribution in [-0.2, 0) is 14.4 Å². The number of aliphatic carboxylic acids is 1. The Morgan fingerprint density at radius 3 is 2.79 bits per heavy atom. The molecule has 0 unspecified atom stereocenters. The number of carbonyl (C=O) groups excluding carboxylic acids is 2. The topological polar surface area (TPSA) is 188 Å². The van der Waals surface area contributed by atoms with Crippen LogP contribution in [-0.4, -0.2) is 66.6 Å². The van der Waals surface area contributed by atoms with Gasteiger partial charge in [0.1, 0.15) is 28.6 Å². The van der Waals surface area contributed by atoms with Crippen LogP contribution in [0.1, 0.15) is 11.5 Å². The van der Waals surface area contributed by atoms with Crippen molar-refractivity contribution in [2.45, 2.75) is 23.2 Å². The van der Waals surface area contributed by atoms with Gasteiger partial charge in [-0.25, -0.2) is 14.6 Å². The molecular formula is C19H17N5O7S3. The smallest absolute Gasteiger partial charge is 0.352 e. The standard InChI is InChI=1S/C19H17N5O7S3/c1-7-2-9(3-11(25)31-7)32-4-8-5-33-17-13(16(27)24(17)14(8)18(28)29)22-15(26)12(23-30)10-6-34-19(20)21-10/h2-3,6,13,17,30H,4-5H2,1H3,(H2,20,21)(H,22,26)(H,28,29)/b23-12+/t13-,17-/m1/s1. The van der Waals surface area contributed by atoms with Gasteiger partial charge in [0.2, 0.25) is 0 Å². The van der Waals surface area contributed by atoms with E-state index in [1.807, 2.05) is 0 Å². The molecule has 2 aromatic rings. The van der Waals surface area contributed by atoms with E-state index in [-0.39, 0.29) is 22.3 Å². The molecule has 0 bridgehead atoms. The fourth-order valence-electron chi connectivity index (χ4n) is 3.44. The van der Waals surface area contributed by atoms with Crippen LogP contribution in [0.5, 0.6) is 0 Å². The van der Waals surface area contributed by atoms with Crippen molar-refractivity contribution in [3.63, 3.8) is 0 Å². The number of nitrogens with one attached hydrogen (secondary N) is 1. The van der Waals surface area contributed by atoms with Crippen molar-refractivity contribution in [2.24, 2.45) is 5.16 Å². The van der Waals surface area contributed by atoms with Crippen LogP contribution in [0.25, 0.3) is 0 Å². The van der Waals surface area contributed by atoms with Gasteiger partial charge in [0.05, 0.1) is 0 Å². The highest BCUT2D eigenvalue weighted by Gasteiger charge is 2.54. The zero-order valence-corrected chi connectivity index (χ0v) is 19.8. The number of hydrogen-bond acceptors (Lipinski definition) is 12. The number of thiazole rings is 1. The summed E-state index contributed by atoms with van der Waals surface area (Å²) < 4.78 is 4.92. The summed E-state index contributed by atoms with van der Waals surface area (Å²) in [6, 6.07) is 1.98. The summed E-state index contributed by atoms with van der Waals surface area (Å²) in [4.78, 5) is 54.6. The SMILES string of the molecule is Cc1cc(SCC2=C(C(=O)O)N3C(=O)[C@@H](NC(=O)/C(=N/O)c4csc(N)n4)[C@H]3SC2)cc(=O)o1. The van der Waals surface area contributed by atoms with Gasteiger partial charge in [-0.15, -0.1) is 34.9 Å². The Morgan fingerprint density at radius 1 is 1.41 bits per heavy atom. The first-order valence-corrected chi connectivity index (χ1v) is 12.5. The third-order valence-electron chi connectivity index (χ3n) is 4.90. The number of thioether (sulfide) groups is 2. The van der Waals surface area contributed by atoms with E-state index in [4.69, 9.17) is 10.2 Å². The molecule has 2 aliphatic heterocycles. The number of amides is 2. The molecule has 5 N–H and O–H groups in total. The first-order valence-electron chi connectivity index (χ1n) is 9.58. The third-order valence-corrected chi connectivity index (χ3v) is 7.97. The minimum atomic E-state index is -1.27. The number of oxime groups is 1. The van der Waals surface area contributed by atoms with Gasteiger partial charge in [-0.05, 0) is 18.6 Å². The molecule has 178 valence electrons. The van der Waals surface area contributed by atoms with E-state index in [1.165, 1.54) is 35.0 Å². The van der Waals surface area contributed by atoms with Gasteiger partial charge >= 0.3 is 11.6 Å². The maximum absolute atomic E-state index is 12.8. The Kier molecular flexibility index (Phi) is 6.67. The molecule has 0 saturated carbocycles. The van der Waals surface area contributed by atoms with Crippen LogP contribution in [0.2, 0.25) is 0 Å². The Balaban J connectivity index is 1.49. The lowest BCUT2D eigenvalue weighted by Gasteiger charge is -2.49. The first kappa shape index (κ1) is 23.8. The number of β-lactam (4-membered cyclic amide) rings is 1. The summed E-state index contributed by atoms with van der Waals surface area (Å²) in [6.45, 7) is 1.64. The van der Waals surface area contributed by atoms with Gasteiger partial charge in [0.15, 0.2) is 10.8 Å². The number of fused-ring (bicyclic) bond motifs is 1. The van der Waals surface area contributed by atoms with Crippen molar-refractivity contribution in [3.8, 4) is 0 Å². The molecule has 0 spiro atoms. The number of nitrogens with two attached hydrogens (primary N) is 1. The number of aromatic nitrogens is 1. The number of anilines is 1. The van der Waals surface area contributed by atoms with Crippen molar-refractivity contribution >= 4 is 63.5 Å². The minimum Gasteiger partial charge on any atom is -0.477 e. The van der Waals surface area contributed by atoms with E-state index in [1.54, 1.807) is 13.0 Å². The van der Waals surface area contributed by atoms with Crippen molar-refractivity contribution in [3.05, 3.63) is 50.7 Å². The summed E-state index contributed by atoms with van der Waals surface area (Å²) in [5.74, 6) is -1.72. The van der Waals surface area contributed by atoms with E-state index in [9.17, 15) is 29.5 Å². The molecule has 1 saturated heterocycles. The summed E-state index contributed by atoms with van der Waals surface area (Å²) in [5.41, 5.74) is 5.05. The number of carboxylic acids is 1. The largest absolute Gasteiger partial charge is 0.477 e. The lowest BCUT2D eigenvalue weighted by Crippen LogP contribution is -2.71. The summed E-state index contributed by atoms with van der Waals surface area (Å²) >= 11 is 3.61. The molecule has 2 aliphatic rings. The predicted molar refractivity (Wildman–Crippen MR) is 125 cm³/mol. The molecular weight excluding hydrogens is 506 g/mol. The van der Waals surface area contributed by atoms with Gasteiger partial charge < -0.3 is 25.8 Å². The van der Waals surface area contributed by atoms with Crippen LogP contribution in [0.3, 0.4) is 0 Å². The fraction of sp³-hybridized carbons (Fsp3) is 0.263. The number of carboxylic acid groups (broad SMARTS) is 1. The fourth-order valence-corrected chi connectivity index (χ4v) is 6.47. The van der Waals surface area contributed by atoms with Crippen LogP contribution in [0.4, 0.5) is 5.13 Å². The minimum absolute atomic E-state index is 0.0537. The molecule has 2 atom stereocenters. The first-order chi connectivity index (χ1) is 16.2. The van der Waals surface area contributed by atoms with E-state index in [0.29, 0.717) is 22.0 Å². The average Bonchev–Trinajstić information content (AvgIpc) is 3.20. The van der Waals surface area contributed by atoms with Crippen molar-refractivity contribution in [1.29, 1.82) is 0 Å². The lowest BCUT2D eigenvalue weighted by atomic mass is 10.0. The molecule has 0 aromatic carbocycles. The molecule has 2 aromatic heterocycles. The Labute approximate surface area is 203 Å². The molecule has 12 nitrogen and oxygen atoms in total. The monoisotopic (exact) mass is 523 g/mol. The Hall–Kier alpha value is -3.30. The molecule has 34 heavy (non-hydrogen) atoms. The molecule has 4 rings (SSSR count). The summed E-state index contributed by atoms with van der Waals surface area (Å²) in [5, 5.41) is 25.4. The predicted octanol–water partition coefficient (Wildman–Crippen LogP) is 0.696. The van der Waals surface area contributed by atoms with Gasteiger partial charge in [-0.1, -0.05) is 5.16 Å². The van der Waals surface area contributed by atoms with Gasteiger partial charge in [-0.3, -0.25) is 14.5 Å². The molecule has 0 aliphatic carbocycles. The van der Waals surface area contributed by atoms with Crippen molar-refractivity contribution in [1.82, 2.24) is 15.2 Å². The Morgan fingerprint density at radius 2 is 2.18 bits per heavy atom. The molecule has 15 heteroatoms. The average molecular weight is 524 g/mol. The van der Waals surface area contributed by atoms with E-state index >= 15 is 0 Å². The van der Waals surface area contributed by atoms with Crippen LogP contribution >= 0.6 is 34.9 Å². The van der Waals surface area contributed by atoms with Crippen LogP contribution in [0, 0.1) is 6.92 Å². The Bertz CT molecular complexity index is 1300. The number of nitrogens with zero attached hydrogens (tertiary/aromatic N) is 3. The lowest BCUT2D eigenvalue weighted by molar-refractivity contribution is -0.150.